The number of amides is 4. The fraction of sp³-hybridized carbons (Fsp3) is 0.716. The van der Waals surface area contributed by atoms with Gasteiger partial charge in [0.2, 0.25) is 23.5 Å². The number of nitrogens with one attached hydrogen (secondary N) is 4. The molecule has 5 N–H and O–H groups in total. The third-order valence-corrected chi connectivity index (χ3v) is 15.5. The molecule has 3 aliphatic heterocycles. The van der Waals surface area contributed by atoms with Gasteiger partial charge in [0, 0.05) is 94.7 Å². The molecule has 0 bridgehead atoms. The molecule has 5 rings (SSSR count). The van der Waals surface area contributed by atoms with Gasteiger partial charge in [-0.15, -0.1) is 0 Å². The standard InChI is InChI=1S/C67H98N4O35/c1-34(72)68-54-61(101-43(10)81)58(98-40(7)78)51(31-95-37(4)75)104-65(54)92-26-20-86-17-23-89-49-29-46(64(85)71-47-13-15-48(84)16-14-47)30-50(90-24-18-87-21-27-93-66-55(69-35(2)73)62(102-44(11)82)59(99-41(8)79)52(105-66)32-96-38(5)76)57(49)91-25-19-88-22-28-94-67-56(70-36(3)74)63(103-45(12)83)60(100-42(9)80)53(106-67)33-97-39(6)77/h29-30,47-48,51-56,58-63,65-67,84H,13-28,31-33H2,1-12H3,(H,68,72)(H,69,73)(H,70,74)(H,71,85)/t47?,48?,51-,52-,53-,54-,55-,56-,58+,59+,60+,61-,62-,63-,65-,66-,67-/m1/s1. The minimum atomic E-state index is -1.40. The van der Waals surface area contributed by atoms with Crippen LogP contribution in [0.15, 0.2) is 12.1 Å². The van der Waals surface area contributed by atoms with Crippen LogP contribution in [-0.4, -0.2) is 286 Å². The fourth-order valence-electron chi connectivity index (χ4n) is 11.5. The van der Waals surface area contributed by atoms with Gasteiger partial charge in [0.05, 0.1) is 65.6 Å². The zero-order valence-electron chi connectivity index (χ0n) is 61.2. The topological polar surface area (TPSA) is 484 Å². The maximum atomic E-state index is 14.2. The number of carbonyl (C=O) groups is 13. The van der Waals surface area contributed by atoms with E-state index in [2.05, 4.69) is 21.3 Å². The predicted molar refractivity (Wildman–Crippen MR) is 351 cm³/mol. The Hall–Kier alpha value is -8.67. The van der Waals surface area contributed by atoms with Gasteiger partial charge in [-0.3, -0.25) is 62.3 Å². The van der Waals surface area contributed by atoms with Crippen molar-refractivity contribution >= 4 is 77.4 Å². The highest BCUT2D eigenvalue weighted by Crippen LogP contribution is 2.40. The van der Waals surface area contributed by atoms with Crippen LogP contribution in [0.4, 0.5) is 0 Å². The van der Waals surface area contributed by atoms with Gasteiger partial charge in [-0.2, -0.15) is 0 Å². The van der Waals surface area contributed by atoms with E-state index in [0.717, 1.165) is 62.3 Å². The van der Waals surface area contributed by atoms with Crippen LogP contribution in [0, 0.1) is 0 Å². The maximum Gasteiger partial charge on any atom is 0.303 e. The average molecular weight is 1520 g/mol. The van der Waals surface area contributed by atoms with Gasteiger partial charge in [-0.1, -0.05) is 0 Å². The maximum absolute atomic E-state index is 14.2. The van der Waals surface area contributed by atoms with Crippen LogP contribution in [0.5, 0.6) is 17.2 Å². The summed E-state index contributed by atoms with van der Waals surface area (Å²) < 4.78 is 121. The molecule has 3 heterocycles. The Kier molecular flexibility index (Phi) is 37.4. The molecule has 1 aliphatic carbocycles. The molecule has 4 fully saturated rings. The van der Waals surface area contributed by atoms with E-state index in [1.807, 2.05) is 0 Å². The normalized spacial score (nSPS) is 26.1. The van der Waals surface area contributed by atoms with Crippen LogP contribution < -0.4 is 35.5 Å². The molecular formula is C67H98N4O35. The van der Waals surface area contributed by atoms with Crippen molar-refractivity contribution in [3.05, 3.63) is 17.7 Å². The van der Waals surface area contributed by atoms with Gasteiger partial charge >= 0.3 is 53.7 Å². The smallest absolute Gasteiger partial charge is 0.303 e. The second-order valence-corrected chi connectivity index (χ2v) is 24.4. The number of carbonyl (C=O) groups excluding carboxylic acids is 13. The number of hydrogen-bond donors (Lipinski definition) is 5. The number of rotatable bonds is 41. The lowest BCUT2D eigenvalue weighted by atomic mass is 9.93. The first-order valence-electron chi connectivity index (χ1n) is 34.1. The quantitative estimate of drug-likeness (QED) is 0.0296. The van der Waals surface area contributed by atoms with Crippen LogP contribution in [0.1, 0.15) is 119 Å². The van der Waals surface area contributed by atoms with Crippen molar-refractivity contribution < 1.29 is 167 Å². The first kappa shape index (κ1) is 88.0. The second kappa shape index (κ2) is 45.1. The average Bonchev–Trinajstić information content (AvgIpc) is 0.784. The minimum absolute atomic E-state index is 0.0423. The molecule has 596 valence electrons. The van der Waals surface area contributed by atoms with E-state index in [0.29, 0.717) is 25.7 Å². The first-order valence-corrected chi connectivity index (χ1v) is 34.1. The van der Waals surface area contributed by atoms with Crippen molar-refractivity contribution in [3.8, 4) is 17.2 Å². The third kappa shape index (κ3) is 30.7. The number of benzene rings is 1. The van der Waals surface area contributed by atoms with E-state index < -0.39 is 195 Å². The Labute approximate surface area is 610 Å². The number of aliphatic hydroxyl groups is 1. The number of aliphatic hydroxyl groups excluding tert-OH is 1. The molecule has 39 heteroatoms. The molecule has 39 nitrogen and oxygen atoms in total. The summed E-state index contributed by atoms with van der Waals surface area (Å²) in [5, 5.41) is 21.1. The molecule has 1 aromatic carbocycles. The highest BCUT2D eigenvalue weighted by atomic mass is 16.7. The summed E-state index contributed by atoms with van der Waals surface area (Å²) in [7, 11) is 0. The van der Waals surface area contributed by atoms with Crippen LogP contribution in [0.3, 0.4) is 0 Å². The van der Waals surface area contributed by atoms with Gasteiger partial charge in [0.15, 0.2) is 67.0 Å². The molecule has 106 heavy (non-hydrogen) atoms. The molecule has 3 saturated heterocycles. The molecule has 1 aromatic rings. The Morgan fingerprint density at radius 3 is 0.925 bits per heavy atom. The van der Waals surface area contributed by atoms with E-state index in [1.54, 1.807) is 0 Å². The lowest BCUT2D eigenvalue weighted by Crippen LogP contribution is -2.66. The van der Waals surface area contributed by atoms with Gasteiger partial charge in [-0.05, 0) is 37.8 Å². The van der Waals surface area contributed by atoms with Crippen LogP contribution in [0.2, 0.25) is 0 Å². The van der Waals surface area contributed by atoms with E-state index in [1.165, 1.54) is 32.9 Å². The van der Waals surface area contributed by atoms with Gasteiger partial charge in [-0.25, -0.2) is 0 Å². The lowest BCUT2D eigenvalue weighted by molar-refractivity contribution is -0.279. The van der Waals surface area contributed by atoms with Crippen LogP contribution in [-0.2, 0) is 143 Å². The van der Waals surface area contributed by atoms with Crippen molar-refractivity contribution in [2.75, 3.05) is 99.1 Å². The molecule has 0 spiro atoms. The first-order chi connectivity index (χ1) is 50.3. The third-order valence-electron chi connectivity index (χ3n) is 15.5. The zero-order chi connectivity index (χ0) is 78.2. The Balaban J connectivity index is 1.38. The molecule has 4 aliphatic rings. The summed E-state index contributed by atoms with van der Waals surface area (Å²) in [5.74, 6) is -9.43. The fourth-order valence-corrected chi connectivity index (χ4v) is 11.5. The summed E-state index contributed by atoms with van der Waals surface area (Å²) in [5.41, 5.74) is 0.0423. The summed E-state index contributed by atoms with van der Waals surface area (Å²) in [6, 6.07) is -1.30. The number of esters is 9. The van der Waals surface area contributed by atoms with Crippen molar-refractivity contribution in [1.29, 1.82) is 0 Å². The molecule has 0 radical (unpaired) electrons. The Bertz CT molecular complexity index is 2980. The van der Waals surface area contributed by atoms with E-state index in [9.17, 15) is 67.4 Å². The molecular weight excluding hydrogens is 1420 g/mol. The van der Waals surface area contributed by atoms with Crippen LogP contribution >= 0.6 is 0 Å². The number of hydrogen-bond acceptors (Lipinski definition) is 35. The van der Waals surface area contributed by atoms with E-state index in [4.69, 9.17) is 99.5 Å². The zero-order valence-corrected chi connectivity index (χ0v) is 61.2. The van der Waals surface area contributed by atoms with Crippen molar-refractivity contribution in [3.63, 3.8) is 0 Å². The van der Waals surface area contributed by atoms with Gasteiger partial charge in [0.1, 0.15) is 76.1 Å². The minimum Gasteiger partial charge on any atom is -0.487 e. The molecule has 0 aromatic heterocycles. The number of ether oxygens (including phenoxy) is 21. The summed E-state index contributed by atoms with van der Waals surface area (Å²) >= 11 is 0. The monoisotopic (exact) mass is 1520 g/mol. The second-order valence-electron chi connectivity index (χ2n) is 24.4. The van der Waals surface area contributed by atoms with Gasteiger partial charge < -0.3 is 126 Å². The Morgan fingerprint density at radius 2 is 0.642 bits per heavy atom. The Morgan fingerprint density at radius 1 is 0.358 bits per heavy atom. The lowest BCUT2D eigenvalue weighted by Gasteiger charge is -2.44. The highest BCUT2D eigenvalue weighted by Gasteiger charge is 2.54. The highest BCUT2D eigenvalue weighted by molar-refractivity contribution is 5.96. The molecule has 0 unspecified atom stereocenters. The van der Waals surface area contributed by atoms with Gasteiger partial charge in [0.25, 0.3) is 5.91 Å². The van der Waals surface area contributed by atoms with Crippen molar-refractivity contribution in [2.24, 2.45) is 0 Å². The SMILES string of the molecule is CC(=O)N[C@H]1[C@H](OCCOCCOc2cc(C(=O)NC3CCC(O)CC3)cc(OCCOCCO[C@@H]3O[C@H](COC(C)=O)[C@H](OC(C)=O)[C@H](OC(C)=O)[C@H]3NC(C)=O)c2OCCOCCO[C@@H]2O[C@H](COC(C)=O)[C@H](OC(C)=O)[C@H](OC(C)=O)[C@H]2NC(C)=O)O[C@H](COC(C)=O)[C@H](OC(C)=O)[C@@H]1OC(C)=O. The van der Waals surface area contributed by atoms with E-state index >= 15 is 0 Å². The molecule has 1 saturated carbocycles. The molecule has 4 amide bonds. The van der Waals surface area contributed by atoms with E-state index in [-0.39, 0.29) is 108 Å². The summed E-state index contributed by atoms with van der Waals surface area (Å²) in [6.45, 7) is 9.71. The predicted octanol–water partition coefficient (Wildman–Crippen LogP) is -1.08. The molecule has 15 atom stereocenters. The van der Waals surface area contributed by atoms with Crippen LogP contribution in [0.25, 0.3) is 0 Å². The summed E-state index contributed by atoms with van der Waals surface area (Å²) in [4.78, 5) is 161. The van der Waals surface area contributed by atoms with Crippen molar-refractivity contribution in [2.45, 2.75) is 213 Å². The summed E-state index contributed by atoms with van der Waals surface area (Å²) in [6.07, 6.45) is -14.9. The largest absolute Gasteiger partial charge is 0.487 e. The van der Waals surface area contributed by atoms with Crippen molar-refractivity contribution in [1.82, 2.24) is 21.3 Å².